The summed E-state index contributed by atoms with van der Waals surface area (Å²) in [5.74, 6) is -1.93. The van der Waals surface area contributed by atoms with Crippen molar-refractivity contribution < 1.29 is 44.7 Å². The zero-order chi connectivity index (χ0) is 20.9. The van der Waals surface area contributed by atoms with Crippen LogP contribution in [0, 0.1) is 0 Å². The lowest BCUT2D eigenvalue weighted by molar-refractivity contribution is -0.134. The van der Waals surface area contributed by atoms with Gasteiger partial charge < -0.3 is 30.3 Å². The van der Waals surface area contributed by atoms with E-state index in [0.717, 1.165) is 0 Å². The summed E-state index contributed by atoms with van der Waals surface area (Å²) in [7, 11) is 0. The van der Waals surface area contributed by atoms with Crippen LogP contribution in [0.5, 0.6) is 0 Å². The van der Waals surface area contributed by atoms with E-state index in [2.05, 4.69) is 49.7 Å². The molecule has 0 saturated heterocycles. The third-order valence-electron chi connectivity index (χ3n) is 1.56. The van der Waals surface area contributed by atoms with Crippen LogP contribution in [-0.2, 0) is 14.3 Å². The highest BCUT2D eigenvalue weighted by Crippen LogP contribution is 2.03. The van der Waals surface area contributed by atoms with Crippen LogP contribution in [0.3, 0.4) is 0 Å². The summed E-state index contributed by atoms with van der Waals surface area (Å²) >= 11 is 6.83. The number of carboxylic acids is 2. The molecule has 0 amide bonds. The average molecular weight is 400 g/mol. The third-order valence-corrected chi connectivity index (χ3v) is 2.10. The molecule has 0 saturated carbocycles. The quantitative estimate of drug-likeness (QED) is 0.187. The second-order valence-electron chi connectivity index (χ2n) is 3.53. The predicted molar refractivity (Wildman–Crippen MR) is 99.6 cm³/mol. The zero-order valence-electron chi connectivity index (χ0n) is 13.4. The van der Waals surface area contributed by atoms with E-state index >= 15 is 0 Å². The SMILES string of the molecule is C=CC(O)(C=C)CO.C=CCOC(=O)O.O=C(O)CS.O=C(O)CS. The lowest BCUT2D eigenvalue weighted by atomic mass is 10.1. The van der Waals surface area contributed by atoms with E-state index in [4.69, 9.17) is 25.5 Å². The number of hydrogen-bond donors (Lipinski definition) is 7. The Morgan fingerprint density at radius 1 is 0.960 bits per heavy atom. The number of aliphatic hydroxyl groups excluding tert-OH is 1. The molecular weight excluding hydrogens is 376 g/mol. The van der Waals surface area contributed by atoms with Gasteiger partial charge in [0.1, 0.15) is 12.2 Å². The number of thiol groups is 2. The minimum Gasteiger partial charge on any atom is -0.481 e. The smallest absolute Gasteiger partial charge is 0.481 e. The summed E-state index contributed by atoms with van der Waals surface area (Å²) in [6, 6.07) is 0. The van der Waals surface area contributed by atoms with Crippen molar-refractivity contribution >= 4 is 43.4 Å². The van der Waals surface area contributed by atoms with Gasteiger partial charge in [0.2, 0.25) is 0 Å². The third kappa shape index (κ3) is 39.1. The van der Waals surface area contributed by atoms with Crippen LogP contribution < -0.4 is 0 Å². The monoisotopic (exact) mass is 400 g/mol. The standard InChI is InChI=1S/C6H10O2.C4H6O3.2C2H4O2S/c1-3-6(8,4-2)5-7;1-2-3-7-4(5)6;2*3-2(4)1-5/h3-4,7-8H,1-2,5H2;2H,1,3H2,(H,5,6);2*5H,1H2,(H,3,4). The second-order valence-corrected chi connectivity index (χ2v) is 4.16. The Morgan fingerprint density at radius 3 is 1.32 bits per heavy atom. The highest BCUT2D eigenvalue weighted by atomic mass is 32.1. The Hall–Kier alpha value is -1.95. The van der Waals surface area contributed by atoms with Crippen LogP contribution in [0.25, 0.3) is 0 Å². The first kappa shape index (κ1) is 30.9. The number of hydrogen-bond acceptors (Lipinski definition) is 8. The molecule has 0 aliphatic heterocycles. The molecule has 0 aliphatic carbocycles. The second kappa shape index (κ2) is 22.1. The number of ether oxygens (including phenoxy) is 1. The number of aliphatic hydroxyl groups is 2. The van der Waals surface area contributed by atoms with Crippen molar-refractivity contribution in [1.29, 1.82) is 0 Å². The summed E-state index contributed by atoms with van der Waals surface area (Å²) in [4.78, 5) is 28.1. The fraction of sp³-hybridized carbons (Fsp3) is 0.357. The van der Waals surface area contributed by atoms with E-state index < -0.39 is 23.7 Å². The first-order valence-electron chi connectivity index (χ1n) is 6.22. The zero-order valence-corrected chi connectivity index (χ0v) is 15.2. The minimum absolute atomic E-state index is 0.0648. The highest BCUT2D eigenvalue weighted by Gasteiger charge is 2.14. The van der Waals surface area contributed by atoms with Crippen molar-refractivity contribution in [2.45, 2.75) is 5.60 Å². The molecule has 0 aliphatic rings. The van der Waals surface area contributed by atoms with E-state index in [9.17, 15) is 14.4 Å². The fourth-order valence-electron chi connectivity index (χ4n) is 0.343. The molecule has 0 rings (SSSR count). The number of rotatable bonds is 7. The van der Waals surface area contributed by atoms with Crippen molar-refractivity contribution in [3.63, 3.8) is 0 Å². The maximum Gasteiger partial charge on any atom is 0.506 e. The molecule has 0 atom stereocenters. The molecular formula is C14H24O9S2. The van der Waals surface area contributed by atoms with Gasteiger partial charge in [-0.05, 0) is 0 Å². The van der Waals surface area contributed by atoms with E-state index in [1.54, 1.807) is 0 Å². The topological polar surface area (TPSA) is 162 Å². The number of carboxylic acid groups (broad SMARTS) is 3. The first-order chi connectivity index (χ1) is 11.5. The molecule has 0 spiro atoms. The Balaban J connectivity index is -0.000000120. The molecule has 0 aromatic carbocycles. The molecule has 0 aromatic rings. The highest BCUT2D eigenvalue weighted by molar-refractivity contribution is 7.81. The molecule has 0 aromatic heterocycles. The summed E-state index contributed by atoms with van der Waals surface area (Å²) in [6.45, 7) is 9.53. The fourth-order valence-corrected chi connectivity index (χ4v) is 0.343. The normalized spacial score (nSPS) is 8.48. The summed E-state index contributed by atoms with van der Waals surface area (Å²) in [5.41, 5.74) is -1.29. The van der Waals surface area contributed by atoms with Gasteiger partial charge in [-0.1, -0.05) is 38.0 Å². The van der Waals surface area contributed by atoms with Crippen molar-refractivity contribution in [2.75, 3.05) is 24.7 Å². The van der Waals surface area contributed by atoms with Crippen LogP contribution in [0.2, 0.25) is 0 Å². The van der Waals surface area contributed by atoms with E-state index in [1.165, 1.54) is 18.2 Å². The van der Waals surface area contributed by atoms with Crippen molar-refractivity contribution in [2.24, 2.45) is 0 Å². The molecule has 9 nitrogen and oxygen atoms in total. The van der Waals surface area contributed by atoms with Gasteiger partial charge in [-0.3, -0.25) is 9.59 Å². The lowest BCUT2D eigenvalue weighted by Gasteiger charge is -2.14. The summed E-state index contributed by atoms with van der Waals surface area (Å²) < 4.78 is 3.99. The molecule has 0 radical (unpaired) electrons. The van der Waals surface area contributed by atoms with Crippen LogP contribution in [0.1, 0.15) is 0 Å². The van der Waals surface area contributed by atoms with Gasteiger partial charge in [-0.15, -0.1) is 0 Å². The van der Waals surface area contributed by atoms with Gasteiger partial charge in [0.05, 0.1) is 18.1 Å². The minimum atomic E-state index is -1.29. The molecule has 0 bridgehead atoms. The molecule has 11 heteroatoms. The van der Waals surface area contributed by atoms with Gasteiger partial charge in [0, 0.05) is 0 Å². The summed E-state index contributed by atoms with van der Waals surface area (Å²) in [6.07, 6.45) is 2.58. The summed E-state index contributed by atoms with van der Waals surface area (Å²) in [5, 5.41) is 40.4. The Kier molecular flexibility index (Phi) is 27.2. The van der Waals surface area contributed by atoms with Crippen LogP contribution >= 0.6 is 25.3 Å². The van der Waals surface area contributed by atoms with Crippen molar-refractivity contribution in [3.05, 3.63) is 38.0 Å². The Bertz CT molecular complexity index is 389. The van der Waals surface area contributed by atoms with Crippen LogP contribution in [-0.4, -0.2) is 73.9 Å². The molecule has 146 valence electrons. The van der Waals surface area contributed by atoms with Crippen molar-refractivity contribution in [1.82, 2.24) is 0 Å². The van der Waals surface area contributed by atoms with Crippen LogP contribution in [0.15, 0.2) is 38.0 Å². The van der Waals surface area contributed by atoms with Crippen molar-refractivity contribution in [3.8, 4) is 0 Å². The van der Waals surface area contributed by atoms with Gasteiger partial charge in [0.25, 0.3) is 0 Å². The molecule has 5 N–H and O–H groups in total. The maximum absolute atomic E-state index is 9.49. The Morgan fingerprint density at radius 2 is 1.28 bits per heavy atom. The van der Waals surface area contributed by atoms with Gasteiger partial charge in [0.15, 0.2) is 0 Å². The van der Waals surface area contributed by atoms with Gasteiger partial charge in [-0.25, -0.2) is 4.79 Å². The van der Waals surface area contributed by atoms with E-state index in [1.807, 2.05) is 0 Å². The van der Waals surface area contributed by atoms with Crippen LogP contribution in [0.4, 0.5) is 4.79 Å². The number of aliphatic carboxylic acids is 2. The molecule has 0 fully saturated rings. The maximum atomic E-state index is 9.49. The van der Waals surface area contributed by atoms with E-state index in [-0.39, 0.29) is 24.7 Å². The lowest BCUT2D eigenvalue weighted by Crippen LogP contribution is -2.26. The van der Waals surface area contributed by atoms with Gasteiger partial charge in [-0.2, -0.15) is 25.3 Å². The Labute approximate surface area is 156 Å². The predicted octanol–water partition coefficient (Wildman–Crippen LogP) is 0.950. The first-order valence-corrected chi connectivity index (χ1v) is 7.48. The molecule has 0 unspecified atom stereocenters. The van der Waals surface area contributed by atoms with Gasteiger partial charge >= 0.3 is 18.1 Å². The molecule has 0 heterocycles. The molecule has 25 heavy (non-hydrogen) atoms. The largest absolute Gasteiger partial charge is 0.506 e. The van der Waals surface area contributed by atoms with E-state index in [0.29, 0.717) is 0 Å². The average Bonchev–Trinajstić information content (AvgIpc) is 2.60. The number of carbonyl (C=O) groups is 3.